The zero-order valence-corrected chi connectivity index (χ0v) is 11.6. The first-order chi connectivity index (χ1) is 9.97. The molecule has 1 aromatic rings. The number of anilines is 1. The molecule has 0 spiro atoms. The first-order valence-electron chi connectivity index (χ1n) is 6.16. The molecule has 0 saturated carbocycles. The molecule has 0 bridgehead atoms. The third-order valence-corrected chi connectivity index (χ3v) is 3.41. The van der Waals surface area contributed by atoms with Crippen LogP contribution >= 0.6 is 0 Å². The van der Waals surface area contributed by atoms with Crippen LogP contribution < -0.4 is 4.90 Å². The van der Waals surface area contributed by atoms with E-state index in [4.69, 9.17) is 9.47 Å². The third-order valence-electron chi connectivity index (χ3n) is 3.41. The Balaban J connectivity index is 2.36. The Bertz CT molecular complexity index is 552. The quantitative estimate of drug-likeness (QED) is 0.618. The van der Waals surface area contributed by atoms with Gasteiger partial charge in [-0.25, -0.2) is 9.78 Å². The zero-order valence-electron chi connectivity index (χ0n) is 11.6. The summed E-state index contributed by atoms with van der Waals surface area (Å²) in [7, 11) is 3.09. The standard InChI is InChI=1S/C12H15N3O6/c1-20-9-5-14(6-10(9)21-2)11-8(12(16)17)3-7(4-13-11)15(18)19/h3-4,9-10H,5-6H2,1-2H3,(H,16,17). The first kappa shape index (κ1) is 15.1. The fourth-order valence-electron chi connectivity index (χ4n) is 2.33. The summed E-state index contributed by atoms with van der Waals surface area (Å²) in [6.45, 7) is 0.806. The summed E-state index contributed by atoms with van der Waals surface area (Å²) in [6, 6.07) is 1.01. The maximum atomic E-state index is 11.3. The van der Waals surface area contributed by atoms with Crippen LogP contribution in [0.4, 0.5) is 11.5 Å². The Kier molecular flexibility index (Phi) is 4.34. The monoisotopic (exact) mass is 297 g/mol. The molecule has 1 N–H and O–H groups in total. The predicted octanol–water partition coefficient (Wildman–Crippen LogP) is 0.538. The second kappa shape index (κ2) is 6.02. The maximum Gasteiger partial charge on any atom is 0.339 e. The number of carboxylic acids is 1. The van der Waals surface area contributed by atoms with Crippen LogP contribution in [0.1, 0.15) is 10.4 Å². The summed E-state index contributed by atoms with van der Waals surface area (Å²) >= 11 is 0. The molecule has 0 aromatic carbocycles. The van der Waals surface area contributed by atoms with Crippen molar-refractivity contribution in [1.82, 2.24) is 4.98 Å². The van der Waals surface area contributed by atoms with Crippen molar-refractivity contribution >= 4 is 17.5 Å². The lowest BCUT2D eigenvalue weighted by atomic mass is 10.2. The van der Waals surface area contributed by atoms with Crippen molar-refractivity contribution in [2.24, 2.45) is 0 Å². The number of ether oxygens (including phenoxy) is 2. The van der Waals surface area contributed by atoms with E-state index in [9.17, 15) is 20.0 Å². The van der Waals surface area contributed by atoms with E-state index < -0.39 is 10.9 Å². The van der Waals surface area contributed by atoms with Gasteiger partial charge < -0.3 is 19.5 Å². The van der Waals surface area contributed by atoms with Gasteiger partial charge in [-0.1, -0.05) is 0 Å². The number of nitro groups is 1. The van der Waals surface area contributed by atoms with Crippen molar-refractivity contribution in [2.45, 2.75) is 12.2 Å². The summed E-state index contributed by atoms with van der Waals surface area (Å²) in [5, 5.41) is 20.0. The molecule has 1 aromatic heterocycles. The lowest BCUT2D eigenvalue weighted by Gasteiger charge is -2.18. The Morgan fingerprint density at radius 2 is 2.00 bits per heavy atom. The highest BCUT2D eigenvalue weighted by molar-refractivity contribution is 5.94. The Morgan fingerprint density at radius 3 is 2.43 bits per heavy atom. The highest BCUT2D eigenvalue weighted by atomic mass is 16.6. The number of aromatic carboxylic acids is 1. The molecule has 9 nitrogen and oxygen atoms in total. The molecule has 1 aliphatic rings. The van der Waals surface area contributed by atoms with Gasteiger partial charge in [-0.05, 0) is 0 Å². The van der Waals surface area contributed by atoms with Gasteiger partial charge in [0.25, 0.3) is 5.69 Å². The van der Waals surface area contributed by atoms with Crippen LogP contribution in [0.2, 0.25) is 0 Å². The number of hydrogen-bond donors (Lipinski definition) is 1. The Hall–Kier alpha value is -2.26. The second-order valence-corrected chi connectivity index (χ2v) is 4.58. The van der Waals surface area contributed by atoms with E-state index in [1.54, 1.807) is 19.1 Å². The van der Waals surface area contributed by atoms with Crippen LogP contribution in [-0.4, -0.2) is 60.5 Å². The first-order valence-corrected chi connectivity index (χ1v) is 6.16. The van der Waals surface area contributed by atoms with E-state index in [0.717, 1.165) is 12.3 Å². The third kappa shape index (κ3) is 2.93. The van der Waals surface area contributed by atoms with Gasteiger partial charge in [0.1, 0.15) is 29.8 Å². The molecule has 21 heavy (non-hydrogen) atoms. The van der Waals surface area contributed by atoms with Gasteiger partial charge in [-0.2, -0.15) is 0 Å². The highest BCUT2D eigenvalue weighted by Crippen LogP contribution is 2.27. The molecular formula is C12H15N3O6. The largest absolute Gasteiger partial charge is 0.478 e. The molecule has 0 aliphatic carbocycles. The van der Waals surface area contributed by atoms with Gasteiger partial charge in [-0.15, -0.1) is 0 Å². The van der Waals surface area contributed by atoms with Crippen molar-refractivity contribution in [1.29, 1.82) is 0 Å². The number of carbonyl (C=O) groups is 1. The normalized spacial score (nSPS) is 21.5. The summed E-state index contributed by atoms with van der Waals surface area (Å²) in [5.41, 5.74) is -0.572. The summed E-state index contributed by atoms with van der Waals surface area (Å²) in [4.78, 5) is 27.0. The molecule has 114 valence electrons. The highest BCUT2D eigenvalue weighted by Gasteiger charge is 2.35. The summed E-state index contributed by atoms with van der Waals surface area (Å²) in [6.07, 6.45) is 0.617. The number of methoxy groups -OCH3 is 2. The van der Waals surface area contributed by atoms with E-state index in [1.807, 2.05) is 0 Å². The number of nitrogens with zero attached hydrogens (tertiary/aromatic N) is 3. The molecule has 2 rings (SSSR count). The molecule has 0 radical (unpaired) electrons. The van der Waals surface area contributed by atoms with E-state index >= 15 is 0 Å². The fraction of sp³-hybridized carbons (Fsp3) is 0.500. The Labute approximate surface area is 120 Å². The predicted molar refractivity (Wildman–Crippen MR) is 71.7 cm³/mol. The van der Waals surface area contributed by atoms with Crippen LogP contribution in [0.5, 0.6) is 0 Å². The van der Waals surface area contributed by atoms with E-state index in [0.29, 0.717) is 13.1 Å². The molecule has 2 heterocycles. The van der Waals surface area contributed by atoms with E-state index in [2.05, 4.69) is 4.98 Å². The number of carboxylic acid groups (broad SMARTS) is 1. The molecule has 1 aliphatic heterocycles. The van der Waals surface area contributed by atoms with Gasteiger partial charge >= 0.3 is 5.97 Å². The summed E-state index contributed by atoms with van der Waals surface area (Å²) in [5.74, 6) is -1.09. The van der Waals surface area contributed by atoms with Crippen LogP contribution in [0.3, 0.4) is 0 Å². The van der Waals surface area contributed by atoms with Crippen LogP contribution in [0, 0.1) is 10.1 Å². The maximum absolute atomic E-state index is 11.3. The second-order valence-electron chi connectivity index (χ2n) is 4.58. The number of hydrogen-bond acceptors (Lipinski definition) is 7. The van der Waals surface area contributed by atoms with Crippen molar-refractivity contribution in [2.75, 3.05) is 32.2 Å². The van der Waals surface area contributed by atoms with Gasteiger partial charge in [0.2, 0.25) is 0 Å². The lowest BCUT2D eigenvalue weighted by Crippen LogP contribution is -2.27. The molecule has 9 heteroatoms. The van der Waals surface area contributed by atoms with E-state index in [-0.39, 0.29) is 29.3 Å². The average molecular weight is 297 g/mol. The number of pyridine rings is 1. The molecule has 2 atom stereocenters. The van der Waals surface area contributed by atoms with Gasteiger partial charge in [0, 0.05) is 33.4 Å². The Morgan fingerprint density at radius 1 is 1.43 bits per heavy atom. The van der Waals surface area contributed by atoms with Crippen molar-refractivity contribution < 1.29 is 24.3 Å². The topological polar surface area (TPSA) is 115 Å². The SMILES string of the molecule is COC1CN(c2ncc([N+](=O)[O-])cc2C(=O)O)CC1OC. The lowest BCUT2D eigenvalue weighted by molar-refractivity contribution is -0.385. The minimum absolute atomic E-state index is 0.176. The number of rotatable bonds is 5. The fourth-order valence-corrected chi connectivity index (χ4v) is 2.33. The smallest absolute Gasteiger partial charge is 0.339 e. The van der Waals surface area contributed by atoms with Crippen molar-refractivity contribution in [3.63, 3.8) is 0 Å². The number of aromatic nitrogens is 1. The molecule has 0 amide bonds. The molecule has 2 unspecified atom stereocenters. The average Bonchev–Trinajstić information content (AvgIpc) is 2.89. The minimum atomic E-state index is -1.27. The zero-order chi connectivity index (χ0) is 15.6. The van der Waals surface area contributed by atoms with Gasteiger partial charge in [-0.3, -0.25) is 10.1 Å². The summed E-state index contributed by atoms with van der Waals surface area (Å²) < 4.78 is 10.6. The molecular weight excluding hydrogens is 282 g/mol. The minimum Gasteiger partial charge on any atom is -0.478 e. The molecule has 1 fully saturated rings. The molecule has 1 saturated heterocycles. The van der Waals surface area contributed by atoms with Crippen molar-refractivity contribution in [3.8, 4) is 0 Å². The van der Waals surface area contributed by atoms with Crippen molar-refractivity contribution in [3.05, 3.63) is 27.9 Å². The van der Waals surface area contributed by atoms with Gasteiger partial charge in [0.15, 0.2) is 0 Å². The van der Waals surface area contributed by atoms with E-state index in [1.165, 1.54) is 0 Å². The van der Waals surface area contributed by atoms with Gasteiger partial charge in [0.05, 0.1) is 4.92 Å². The van der Waals surface area contributed by atoms with Crippen LogP contribution in [0.15, 0.2) is 12.3 Å². The van der Waals surface area contributed by atoms with Crippen LogP contribution in [0.25, 0.3) is 0 Å². The van der Waals surface area contributed by atoms with Crippen LogP contribution in [-0.2, 0) is 9.47 Å².